The van der Waals surface area contributed by atoms with E-state index in [-0.39, 0.29) is 53.0 Å². The fraction of sp³-hybridized carbons (Fsp3) is 0.333. The summed E-state index contributed by atoms with van der Waals surface area (Å²) in [6.07, 6.45) is 64.5. The molecule has 418 valence electrons. The number of alkyl halides is 1. The van der Waals surface area contributed by atoms with Crippen molar-refractivity contribution >= 4 is 11.4 Å². The highest BCUT2D eigenvalue weighted by Gasteiger charge is 2.59. The molecule has 1 aliphatic heterocycles. The van der Waals surface area contributed by atoms with Gasteiger partial charge in [0.2, 0.25) is 0 Å². The molecule has 3 aromatic rings. The second-order valence-corrected chi connectivity index (χ2v) is 25.4. The summed E-state index contributed by atoms with van der Waals surface area (Å²) >= 11 is 0. The largest absolute Gasteiger partial charge is 0.369 e. The molecule has 0 saturated carbocycles. The highest BCUT2D eigenvalue weighted by Crippen LogP contribution is 2.65. The van der Waals surface area contributed by atoms with Gasteiger partial charge in [-0.3, -0.25) is 0 Å². The Hall–Kier alpha value is -7.34. The second kappa shape index (κ2) is 21.4. The topological polar surface area (TPSA) is 15.7 Å². The molecule has 15 rings (SSSR count). The van der Waals surface area contributed by atoms with Crippen molar-refractivity contribution in [2.75, 3.05) is 9.80 Å². The maximum Gasteiger partial charge on any atom is 0.104 e. The quantitative estimate of drug-likeness (QED) is 0.168. The van der Waals surface area contributed by atoms with Crippen molar-refractivity contribution in [3.8, 4) is 0 Å². The smallest absolute Gasteiger partial charge is 0.104 e. The summed E-state index contributed by atoms with van der Waals surface area (Å²) in [5, 5.41) is 0. The van der Waals surface area contributed by atoms with E-state index >= 15 is 8.78 Å². The van der Waals surface area contributed by atoms with E-state index in [0.717, 1.165) is 68.4 Å². The first kappa shape index (κ1) is 52.5. The molecule has 83 heavy (non-hydrogen) atoms. The Morgan fingerprint density at radius 2 is 1.37 bits per heavy atom. The molecule has 0 aromatic heterocycles. The van der Waals surface area contributed by atoms with Crippen molar-refractivity contribution in [3.05, 3.63) is 299 Å². The van der Waals surface area contributed by atoms with Crippen molar-refractivity contribution in [1.29, 1.82) is 0 Å². The van der Waals surface area contributed by atoms with E-state index in [1.807, 2.05) is 12.2 Å². The number of rotatable bonds is 12. The molecule has 1 fully saturated rings. The summed E-state index contributed by atoms with van der Waals surface area (Å²) in [6.45, 7) is 8.34. The monoisotopic (exact) mass is 1090 g/mol. The van der Waals surface area contributed by atoms with Crippen LogP contribution < -0.4 is 9.80 Å². The van der Waals surface area contributed by atoms with Crippen LogP contribution in [0.3, 0.4) is 0 Å². The zero-order valence-electron chi connectivity index (χ0n) is 47.7. The van der Waals surface area contributed by atoms with Crippen molar-refractivity contribution in [2.45, 2.75) is 125 Å². The molecule has 3 aromatic carbocycles. The highest BCUT2D eigenvalue weighted by atomic mass is 19.1. The van der Waals surface area contributed by atoms with Gasteiger partial charge in [0.1, 0.15) is 12.0 Å². The van der Waals surface area contributed by atoms with Gasteiger partial charge in [0.25, 0.3) is 0 Å². The van der Waals surface area contributed by atoms with Crippen LogP contribution in [-0.2, 0) is 15.6 Å². The van der Waals surface area contributed by atoms with Gasteiger partial charge in [0.15, 0.2) is 0 Å². The first-order valence-corrected chi connectivity index (χ1v) is 31.3. The normalized spacial score (nSPS) is 34.0. The lowest BCUT2D eigenvalue weighted by Gasteiger charge is -2.50. The van der Waals surface area contributed by atoms with E-state index in [2.05, 4.69) is 217 Å². The molecule has 1 heterocycles. The minimum absolute atomic E-state index is 0.0316. The van der Waals surface area contributed by atoms with Crippen LogP contribution in [0.4, 0.5) is 20.2 Å². The first-order chi connectivity index (χ1) is 40.9. The number of anilines is 2. The van der Waals surface area contributed by atoms with Gasteiger partial charge in [-0.15, -0.1) is 0 Å². The molecule has 13 atom stereocenters. The molecule has 0 bridgehead atoms. The standard InChI is InChI=1S/C78H76F2N2O/c1-3-51-29-33-55(34-30-51)77(53-17-7-5-8-18-53)67-23-13-11-21-63(67)65-47-45-61(49-69(65)77)81(59-41-37-57(79)38-42-59)71-25-15-27-73-75(71)76-72(26-16-28-74(76)83-73)82(60-43-39-58(80)40-44-60)62-46-48-66-64-22-12-14-24-68(64)78(70(66)50-62,54-19-9-6-10-20-54)56-35-31-52(4-2)32-36-56/h3-9,11-14,16-18,21-26,28-29,31-33,35,39,41,43,45-50,54,56-57,63-64,67-68,73-76H,1-2,10,15,19-20,27,30,34,36-38,40,42,44H2. The number of hydrogen-bond donors (Lipinski definition) is 0. The number of ether oxygens (including phenoxy) is 1. The fourth-order valence-electron chi connectivity index (χ4n) is 18.1. The minimum atomic E-state index is -0.867. The number of hydrogen-bond acceptors (Lipinski definition) is 3. The van der Waals surface area contributed by atoms with Crippen LogP contribution in [0.25, 0.3) is 0 Å². The summed E-state index contributed by atoms with van der Waals surface area (Å²) in [7, 11) is 0. The fourth-order valence-corrected chi connectivity index (χ4v) is 18.1. The highest BCUT2D eigenvalue weighted by molar-refractivity contribution is 5.72. The average molecular weight is 1100 g/mol. The number of halogens is 2. The van der Waals surface area contributed by atoms with Crippen LogP contribution >= 0.6 is 0 Å². The molecular weight excluding hydrogens is 1020 g/mol. The van der Waals surface area contributed by atoms with Crippen LogP contribution in [0.2, 0.25) is 0 Å². The molecule has 1 saturated heterocycles. The summed E-state index contributed by atoms with van der Waals surface area (Å²) in [5.41, 5.74) is 17.2. The summed E-state index contributed by atoms with van der Waals surface area (Å²) in [5.74, 6) is 1.55. The predicted molar refractivity (Wildman–Crippen MR) is 337 cm³/mol. The zero-order chi connectivity index (χ0) is 55.8. The summed E-state index contributed by atoms with van der Waals surface area (Å²) in [6, 6.07) is 26.1. The van der Waals surface area contributed by atoms with E-state index in [1.54, 1.807) is 6.08 Å². The molecule has 13 unspecified atom stereocenters. The molecular formula is C78H76F2N2O. The van der Waals surface area contributed by atoms with Gasteiger partial charge < -0.3 is 14.5 Å². The van der Waals surface area contributed by atoms with Crippen molar-refractivity contribution in [3.63, 3.8) is 0 Å². The number of benzene rings is 3. The summed E-state index contributed by atoms with van der Waals surface area (Å²) in [4.78, 5) is 5.12. The number of fused-ring (bicyclic) bond motifs is 9. The van der Waals surface area contributed by atoms with E-state index in [0.29, 0.717) is 49.9 Å². The zero-order valence-corrected chi connectivity index (χ0v) is 47.7. The van der Waals surface area contributed by atoms with Crippen molar-refractivity contribution in [1.82, 2.24) is 0 Å². The van der Waals surface area contributed by atoms with Gasteiger partial charge in [-0.1, -0.05) is 189 Å². The molecule has 0 amide bonds. The van der Waals surface area contributed by atoms with Crippen LogP contribution in [-0.4, -0.2) is 18.4 Å². The molecule has 3 nitrogen and oxygen atoms in total. The molecule has 0 N–H and O–H groups in total. The van der Waals surface area contributed by atoms with Gasteiger partial charge in [-0.2, -0.15) is 0 Å². The SMILES string of the molecule is C=CC1=CCC(C2(C3CC=CCC3)c3cc(N(C4=CC=C(F)CC4)C4=CC=CC5OC6CCC=C(N(C7=CCC(F)CC7)c7ccc8c(c7)C(C7=CC=C(C=C)CC7)(c7ccccc7)C7C=CC=CC87)C6C45)ccc3C3C=CC=CC32)C=C1. The van der Waals surface area contributed by atoms with E-state index < -0.39 is 11.6 Å². The maximum absolute atomic E-state index is 15.6. The first-order valence-electron chi connectivity index (χ1n) is 31.3. The Bertz CT molecular complexity index is 3650. The Morgan fingerprint density at radius 3 is 2.08 bits per heavy atom. The van der Waals surface area contributed by atoms with E-state index in [1.165, 1.54) is 61.6 Å². The molecule has 5 heteroatoms. The third-order valence-electron chi connectivity index (χ3n) is 21.6. The van der Waals surface area contributed by atoms with E-state index in [9.17, 15) is 0 Å². The van der Waals surface area contributed by atoms with Gasteiger partial charge >= 0.3 is 0 Å². The third kappa shape index (κ3) is 8.40. The van der Waals surface area contributed by atoms with Crippen LogP contribution in [0.1, 0.15) is 123 Å². The van der Waals surface area contributed by atoms with Crippen molar-refractivity contribution in [2.24, 2.45) is 35.5 Å². The van der Waals surface area contributed by atoms with Gasteiger partial charge in [-0.05, 0) is 176 Å². The van der Waals surface area contributed by atoms with Crippen molar-refractivity contribution < 1.29 is 13.5 Å². The average Bonchev–Trinajstić information content (AvgIpc) is 2.11. The van der Waals surface area contributed by atoms with Gasteiger partial charge in [0.05, 0.1) is 12.2 Å². The Balaban J connectivity index is 0.887. The van der Waals surface area contributed by atoms with Gasteiger partial charge in [-0.25, -0.2) is 8.78 Å². The lowest BCUT2D eigenvalue weighted by atomic mass is 9.53. The Morgan fingerprint density at radius 1 is 0.590 bits per heavy atom. The second-order valence-electron chi connectivity index (χ2n) is 25.4. The van der Waals surface area contributed by atoms with Crippen LogP contribution in [0.5, 0.6) is 0 Å². The minimum Gasteiger partial charge on any atom is -0.369 e. The third-order valence-corrected chi connectivity index (χ3v) is 21.6. The predicted octanol–water partition coefficient (Wildman–Crippen LogP) is 19.1. The van der Waals surface area contributed by atoms with Crippen LogP contribution in [0.15, 0.2) is 271 Å². The Labute approximate surface area is 491 Å². The molecule has 0 radical (unpaired) electrons. The lowest BCUT2D eigenvalue weighted by Crippen LogP contribution is -2.46. The molecule has 12 aliphatic rings. The summed E-state index contributed by atoms with van der Waals surface area (Å²) < 4.78 is 38.4. The number of nitrogens with zero attached hydrogens (tertiary/aromatic N) is 2. The maximum atomic E-state index is 15.6. The van der Waals surface area contributed by atoms with E-state index in [4.69, 9.17) is 4.74 Å². The lowest BCUT2D eigenvalue weighted by molar-refractivity contribution is 0.0507. The van der Waals surface area contributed by atoms with Gasteiger partial charge in [0, 0.05) is 81.0 Å². The molecule has 0 spiro atoms. The Kier molecular flexibility index (Phi) is 13.5. The molecule has 11 aliphatic carbocycles. The number of allylic oxidation sites excluding steroid dienone is 29. The van der Waals surface area contributed by atoms with Crippen LogP contribution in [0, 0.1) is 35.5 Å².